The van der Waals surface area contributed by atoms with Crippen molar-refractivity contribution in [3.05, 3.63) is 41.9 Å². The van der Waals surface area contributed by atoms with E-state index in [-0.39, 0.29) is 0 Å². The Bertz CT molecular complexity index is 705. The highest BCUT2D eigenvalue weighted by molar-refractivity contribution is 5.46. The summed E-state index contributed by atoms with van der Waals surface area (Å²) < 4.78 is 0. The highest BCUT2D eigenvalue weighted by atomic mass is 15.3. The molecule has 2 aromatic rings. The molecule has 0 aromatic carbocycles. The summed E-state index contributed by atoms with van der Waals surface area (Å²) in [4.78, 5) is 21.0. The lowest BCUT2D eigenvalue weighted by Crippen LogP contribution is -2.47. The molecule has 6 nitrogen and oxygen atoms in total. The molecule has 0 radical (unpaired) electrons. The fraction of sp³-hybridized carbons (Fsp3) is 0.550. The maximum atomic E-state index is 4.87. The average molecular weight is 352 g/mol. The summed E-state index contributed by atoms with van der Waals surface area (Å²) >= 11 is 0. The van der Waals surface area contributed by atoms with Gasteiger partial charge < -0.3 is 9.80 Å². The lowest BCUT2D eigenvalue weighted by atomic mass is 10.2. The fourth-order valence-corrected chi connectivity index (χ4v) is 3.79. The van der Waals surface area contributed by atoms with Gasteiger partial charge in [0.1, 0.15) is 5.82 Å². The van der Waals surface area contributed by atoms with Crippen LogP contribution in [0.5, 0.6) is 0 Å². The molecule has 4 rings (SSSR count). The number of rotatable bonds is 5. The van der Waals surface area contributed by atoms with Gasteiger partial charge >= 0.3 is 0 Å². The largest absolute Gasteiger partial charge is 0.356 e. The SMILES string of the molecule is Cc1cc(N2CCCC2)nc(N2CCN(CCc3cccnc3)CC2)n1. The van der Waals surface area contributed by atoms with E-state index in [9.17, 15) is 0 Å². The number of piperazine rings is 1. The minimum Gasteiger partial charge on any atom is -0.356 e. The van der Waals surface area contributed by atoms with Gasteiger partial charge in [-0.1, -0.05) is 6.07 Å². The van der Waals surface area contributed by atoms with Gasteiger partial charge in [-0.3, -0.25) is 9.88 Å². The van der Waals surface area contributed by atoms with Crippen molar-refractivity contribution in [3.8, 4) is 0 Å². The number of aryl methyl sites for hydroxylation is 1. The van der Waals surface area contributed by atoms with Gasteiger partial charge in [0, 0.05) is 70.0 Å². The molecule has 26 heavy (non-hydrogen) atoms. The van der Waals surface area contributed by atoms with Crippen molar-refractivity contribution in [2.24, 2.45) is 0 Å². The molecule has 0 N–H and O–H groups in total. The van der Waals surface area contributed by atoms with Gasteiger partial charge in [-0.15, -0.1) is 0 Å². The van der Waals surface area contributed by atoms with Crippen LogP contribution in [0, 0.1) is 6.92 Å². The Morgan fingerprint density at radius 1 is 0.962 bits per heavy atom. The summed E-state index contributed by atoms with van der Waals surface area (Å²) in [5.41, 5.74) is 2.38. The van der Waals surface area contributed by atoms with Crippen LogP contribution in [0.1, 0.15) is 24.1 Å². The molecule has 4 heterocycles. The zero-order valence-electron chi connectivity index (χ0n) is 15.6. The quantitative estimate of drug-likeness (QED) is 0.822. The molecule has 0 saturated carbocycles. The molecule has 6 heteroatoms. The predicted octanol–water partition coefficient (Wildman–Crippen LogP) is 2.14. The van der Waals surface area contributed by atoms with Crippen LogP contribution in [0.4, 0.5) is 11.8 Å². The third-order valence-electron chi connectivity index (χ3n) is 5.35. The topological polar surface area (TPSA) is 48.4 Å². The standard InChI is InChI=1S/C20H28N6/c1-17-15-19(25-8-2-3-9-25)23-20(22-17)26-13-11-24(12-14-26)10-6-18-5-4-7-21-16-18/h4-5,7,15-16H,2-3,6,8-14H2,1H3. The number of hydrogen-bond donors (Lipinski definition) is 0. The van der Waals surface area contributed by atoms with E-state index in [4.69, 9.17) is 9.97 Å². The zero-order chi connectivity index (χ0) is 17.8. The third kappa shape index (κ3) is 4.12. The number of aromatic nitrogens is 3. The second-order valence-corrected chi connectivity index (χ2v) is 7.30. The Kier molecular flexibility index (Phi) is 5.29. The Labute approximate surface area is 155 Å². The van der Waals surface area contributed by atoms with Crippen LogP contribution in [0.2, 0.25) is 0 Å². The van der Waals surface area contributed by atoms with Crippen molar-refractivity contribution >= 4 is 11.8 Å². The van der Waals surface area contributed by atoms with Gasteiger partial charge in [-0.05, 0) is 37.8 Å². The van der Waals surface area contributed by atoms with Crippen LogP contribution in [-0.2, 0) is 6.42 Å². The molecule has 2 aromatic heterocycles. The summed E-state index contributed by atoms with van der Waals surface area (Å²) in [5.74, 6) is 2.00. The van der Waals surface area contributed by atoms with E-state index < -0.39 is 0 Å². The van der Waals surface area contributed by atoms with E-state index in [1.807, 2.05) is 18.5 Å². The Hall–Kier alpha value is -2.21. The molecule has 0 bridgehead atoms. The van der Waals surface area contributed by atoms with Crippen molar-refractivity contribution in [3.63, 3.8) is 0 Å². The Balaban J connectivity index is 1.34. The highest BCUT2D eigenvalue weighted by Gasteiger charge is 2.21. The number of hydrogen-bond acceptors (Lipinski definition) is 6. The Morgan fingerprint density at radius 3 is 2.50 bits per heavy atom. The monoisotopic (exact) mass is 352 g/mol. The van der Waals surface area contributed by atoms with Gasteiger partial charge in [-0.2, -0.15) is 4.98 Å². The van der Waals surface area contributed by atoms with Gasteiger partial charge in [0.15, 0.2) is 0 Å². The molecule has 0 atom stereocenters. The smallest absolute Gasteiger partial charge is 0.227 e. The normalized spacial score (nSPS) is 18.5. The van der Waals surface area contributed by atoms with Crippen molar-refractivity contribution < 1.29 is 0 Å². The van der Waals surface area contributed by atoms with E-state index in [1.165, 1.54) is 18.4 Å². The maximum Gasteiger partial charge on any atom is 0.227 e. The van der Waals surface area contributed by atoms with E-state index >= 15 is 0 Å². The first-order valence-electron chi connectivity index (χ1n) is 9.75. The number of pyridine rings is 1. The van der Waals surface area contributed by atoms with Crippen LogP contribution in [0.25, 0.3) is 0 Å². The fourth-order valence-electron chi connectivity index (χ4n) is 3.79. The summed E-state index contributed by atoms with van der Waals surface area (Å²) in [5, 5.41) is 0. The Morgan fingerprint density at radius 2 is 1.77 bits per heavy atom. The van der Waals surface area contributed by atoms with Crippen molar-refractivity contribution in [2.75, 3.05) is 55.6 Å². The molecular weight excluding hydrogens is 324 g/mol. The van der Waals surface area contributed by atoms with Gasteiger partial charge in [0.25, 0.3) is 0 Å². The lowest BCUT2D eigenvalue weighted by Gasteiger charge is -2.35. The lowest BCUT2D eigenvalue weighted by molar-refractivity contribution is 0.259. The first kappa shape index (κ1) is 17.2. The van der Waals surface area contributed by atoms with E-state index in [1.54, 1.807) is 0 Å². The maximum absolute atomic E-state index is 4.87. The van der Waals surface area contributed by atoms with Crippen LogP contribution in [0.3, 0.4) is 0 Å². The number of anilines is 2. The molecule has 0 amide bonds. The van der Waals surface area contributed by atoms with Crippen molar-refractivity contribution in [1.82, 2.24) is 19.9 Å². The third-order valence-corrected chi connectivity index (χ3v) is 5.35. The first-order chi connectivity index (χ1) is 12.8. The number of nitrogens with zero attached hydrogens (tertiary/aromatic N) is 6. The minimum atomic E-state index is 0.902. The van der Waals surface area contributed by atoms with Crippen LogP contribution in [-0.4, -0.2) is 65.7 Å². The molecule has 2 aliphatic rings. The van der Waals surface area contributed by atoms with Gasteiger partial charge in [0.05, 0.1) is 0 Å². The second kappa shape index (κ2) is 7.99. The summed E-state index contributed by atoms with van der Waals surface area (Å²) in [6.07, 6.45) is 7.41. The minimum absolute atomic E-state index is 0.902. The van der Waals surface area contributed by atoms with Gasteiger partial charge in [-0.25, -0.2) is 4.98 Å². The van der Waals surface area contributed by atoms with Crippen LogP contribution >= 0.6 is 0 Å². The molecule has 138 valence electrons. The molecule has 0 unspecified atom stereocenters. The average Bonchev–Trinajstić information content (AvgIpc) is 3.22. The molecule has 0 spiro atoms. The summed E-state index contributed by atoms with van der Waals surface area (Å²) in [6.45, 7) is 9.54. The summed E-state index contributed by atoms with van der Waals surface area (Å²) in [6, 6.07) is 6.29. The molecule has 0 aliphatic carbocycles. The van der Waals surface area contributed by atoms with Crippen LogP contribution in [0.15, 0.2) is 30.6 Å². The second-order valence-electron chi connectivity index (χ2n) is 7.30. The van der Waals surface area contributed by atoms with Crippen LogP contribution < -0.4 is 9.80 Å². The van der Waals surface area contributed by atoms with Crippen molar-refractivity contribution in [2.45, 2.75) is 26.2 Å². The molecule has 2 saturated heterocycles. The molecule has 2 fully saturated rings. The first-order valence-corrected chi connectivity index (χ1v) is 9.75. The zero-order valence-corrected chi connectivity index (χ0v) is 15.6. The van der Waals surface area contributed by atoms with E-state index in [0.29, 0.717) is 0 Å². The highest BCUT2D eigenvalue weighted by Crippen LogP contribution is 2.22. The van der Waals surface area contributed by atoms with E-state index in [2.05, 4.69) is 38.7 Å². The van der Waals surface area contributed by atoms with Gasteiger partial charge in [0.2, 0.25) is 5.95 Å². The predicted molar refractivity (Wildman–Crippen MR) is 105 cm³/mol. The molecule has 2 aliphatic heterocycles. The van der Waals surface area contributed by atoms with Crippen molar-refractivity contribution in [1.29, 1.82) is 0 Å². The molecular formula is C20H28N6. The van der Waals surface area contributed by atoms with E-state index in [0.717, 1.165) is 69.7 Å². The summed E-state index contributed by atoms with van der Waals surface area (Å²) in [7, 11) is 0.